The molecule has 3 rings (SSSR count). The Morgan fingerprint density at radius 1 is 1.29 bits per heavy atom. The van der Waals surface area contributed by atoms with Crippen LogP contribution >= 0.6 is 0 Å². The van der Waals surface area contributed by atoms with Crippen LogP contribution in [0.5, 0.6) is 5.75 Å². The van der Waals surface area contributed by atoms with Crippen molar-refractivity contribution in [2.24, 2.45) is 5.92 Å². The number of hydrogen-bond donors (Lipinski definition) is 0. The number of terminal acetylenes is 1. The maximum absolute atomic E-state index is 12.9. The summed E-state index contributed by atoms with van der Waals surface area (Å²) in [5.74, 6) is 4.06. The minimum absolute atomic E-state index is 0.152. The normalized spacial score (nSPS) is 19.2. The van der Waals surface area contributed by atoms with Crippen molar-refractivity contribution in [1.29, 1.82) is 0 Å². The summed E-state index contributed by atoms with van der Waals surface area (Å²) in [5, 5.41) is 0. The van der Waals surface area contributed by atoms with Crippen LogP contribution in [-0.2, 0) is 17.8 Å². The minimum Gasteiger partial charge on any atom is -0.497 e. The molecule has 0 aromatic heterocycles. The van der Waals surface area contributed by atoms with Crippen LogP contribution in [0.15, 0.2) is 18.2 Å². The maximum atomic E-state index is 12.9. The molecule has 0 spiro atoms. The van der Waals surface area contributed by atoms with Crippen LogP contribution in [0, 0.1) is 18.3 Å². The van der Waals surface area contributed by atoms with Crippen LogP contribution in [-0.4, -0.2) is 49.0 Å². The Balaban J connectivity index is 1.64. The Morgan fingerprint density at radius 3 is 2.79 bits per heavy atom. The van der Waals surface area contributed by atoms with Gasteiger partial charge < -0.3 is 9.64 Å². The number of carbonyl (C=O) groups excluding carboxylic acids is 1. The molecule has 0 bridgehead atoms. The van der Waals surface area contributed by atoms with Gasteiger partial charge in [-0.2, -0.15) is 0 Å². The highest BCUT2D eigenvalue weighted by Crippen LogP contribution is 2.26. The van der Waals surface area contributed by atoms with Gasteiger partial charge in [0.25, 0.3) is 0 Å². The van der Waals surface area contributed by atoms with Gasteiger partial charge in [0.1, 0.15) is 5.75 Å². The van der Waals surface area contributed by atoms with Gasteiger partial charge in [0, 0.05) is 19.0 Å². The van der Waals surface area contributed by atoms with Gasteiger partial charge >= 0.3 is 0 Å². The zero-order valence-corrected chi connectivity index (χ0v) is 14.5. The lowest BCUT2D eigenvalue weighted by Gasteiger charge is -2.33. The van der Waals surface area contributed by atoms with E-state index in [0.717, 1.165) is 57.6 Å². The second-order valence-electron chi connectivity index (χ2n) is 6.75. The van der Waals surface area contributed by atoms with E-state index in [4.69, 9.17) is 11.2 Å². The first-order valence-electron chi connectivity index (χ1n) is 8.81. The molecule has 0 radical (unpaired) electrons. The summed E-state index contributed by atoms with van der Waals surface area (Å²) in [6.45, 7) is 4.13. The molecule has 0 unspecified atom stereocenters. The summed E-state index contributed by atoms with van der Waals surface area (Å²) in [4.78, 5) is 17.3. The van der Waals surface area contributed by atoms with Crippen LogP contribution in [0.1, 0.15) is 30.4 Å². The van der Waals surface area contributed by atoms with Crippen molar-refractivity contribution in [1.82, 2.24) is 9.80 Å². The zero-order chi connectivity index (χ0) is 16.9. The average Bonchev–Trinajstić information content (AvgIpc) is 2.83. The molecule has 0 atom stereocenters. The molecule has 4 heteroatoms. The van der Waals surface area contributed by atoms with E-state index in [1.165, 1.54) is 11.1 Å². The molecule has 1 aromatic rings. The lowest BCUT2D eigenvalue weighted by molar-refractivity contribution is -0.137. The van der Waals surface area contributed by atoms with E-state index >= 15 is 0 Å². The third-order valence-electron chi connectivity index (χ3n) is 5.21. The molecular formula is C20H26N2O2. The number of aryl methyl sites for hydroxylation is 1. The largest absolute Gasteiger partial charge is 0.497 e. The standard InChI is InChI=1S/C20H26N2O2/c1-3-10-21-12-8-16(9-13-21)20(23)22-11-4-5-17-14-19(24-2)7-6-18(17)15-22/h1,6-7,14,16H,4-5,8-13,15H2,2H3. The smallest absolute Gasteiger partial charge is 0.226 e. The fourth-order valence-electron chi connectivity index (χ4n) is 3.77. The molecular weight excluding hydrogens is 300 g/mol. The zero-order valence-electron chi connectivity index (χ0n) is 14.5. The summed E-state index contributed by atoms with van der Waals surface area (Å²) in [6.07, 6.45) is 9.25. The van der Waals surface area contributed by atoms with Crippen molar-refractivity contribution in [2.45, 2.75) is 32.2 Å². The first-order chi connectivity index (χ1) is 11.7. The molecule has 24 heavy (non-hydrogen) atoms. The van der Waals surface area contributed by atoms with Gasteiger partial charge in [-0.3, -0.25) is 9.69 Å². The first-order valence-corrected chi connectivity index (χ1v) is 8.81. The van der Waals surface area contributed by atoms with E-state index in [0.29, 0.717) is 12.5 Å². The molecule has 4 nitrogen and oxygen atoms in total. The number of benzene rings is 1. The number of nitrogens with zero attached hydrogens (tertiary/aromatic N) is 2. The number of likely N-dealkylation sites (tertiary alicyclic amines) is 1. The molecule has 1 saturated heterocycles. The summed E-state index contributed by atoms with van der Waals surface area (Å²) in [6, 6.07) is 6.21. The van der Waals surface area contributed by atoms with Gasteiger partial charge in [-0.15, -0.1) is 6.42 Å². The summed E-state index contributed by atoms with van der Waals surface area (Å²) in [5.41, 5.74) is 2.57. The third-order valence-corrected chi connectivity index (χ3v) is 5.21. The number of rotatable bonds is 3. The Morgan fingerprint density at radius 2 is 2.08 bits per heavy atom. The van der Waals surface area contributed by atoms with E-state index in [2.05, 4.69) is 27.9 Å². The van der Waals surface area contributed by atoms with Gasteiger partial charge in [-0.25, -0.2) is 0 Å². The average molecular weight is 326 g/mol. The molecule has 0 N–H and O–H groups in total. The summed E-state index contributed by atoms with van der Waals surface area (Å²) in [7, 11) is 1.70. The first kappa shape index (κ1) is 16.9. The molecule has 1 aromatic carbocycles. The molecule has 0 saturated carbocycles. The molecule has 0 aliphatic carbocycles. The summed E-state index contributed by atoms with van der Waals surface area (Å²) < 4.78 is 5.32. The fraction of sp³-hybridized carbons (Fsp3) is 0.550. The number of methoxy groups -OCH3 is 1. The monoisotopic (exact) mass is 326 g/mol. The van der Waals surface area contributed by atoms with Crippen molar-refractivity contribution in [3.05, 3.63) is 29.3 Å². The van der Waals surface area contributed by atoms with Crippen LogP contribution in [0.3, 0.4) is 0 Å². The summed E-state index contributed by atoms with van der Waals surface area (Å²) >= 11 is 0. The Bertz CT molecular complexity index is 627. The van der Waals surface area contributed by atoms with Gasteiger partial charge in [0.05, 0.1) is 13.7 Å². The fourth-order valence-corrected chi connectivity index (χ4v) is 3.77. The number of fused-ring (bicyclic) bond motifs is 1. The maximum Gasteiger partial charge on any atom is 0.226 e. The van der Waals surface area contributed by atoms with Gasteiger partial charge in [-0.05, 0) is 62.0 Å². The quantitative estimate of drug-likeness (QED) is 0.799. The molecule has 2 heterocycles. The number of piperidine rings is 1. The molecule has 1 fully saturated rings. The van der Waals surface area contributed by atoms with E-state index < -0.39 is 0 Å². The number of carbonyl (C=O) groups is 1. The van der Waals surface area contributed by atoms with Crippen LogP contribution in [0.2, 0.25) is 0 Å². The number of amides is 1. The van der Waals surface area contributed by atoms with Crippen molar-refractivity contribution in [3.63, 3.8) is 0 Å². The van der Waals surface area contributed by atoms with Gasteiger partial charge in [-0.1, -0.05) is 12.0 Å². The van der Waals surface area contributed by atoms with Crippen molar-refractivity contribution in [2.75, 3.05) is 33.3 Å². The van der Waals surface area contributed by atoms with Crippen LogP contribution < -0.4 is 4.74 Å². The lowest BCUT2D eigenvalue weighted by Crippen LogP contribution is -2.42. The predicted molar refractivity (Wildman–Crippen MR) is 94.7 cm³/mol. The number of hydrogen-bond acceptors (Lipinski definition) is 3. The topological polar surface area (TPSA) is 32.8 Å². The number of ether oxygens (including phenoxy) is 1. The van der Waals surface area contributed by atoms with Crippen LogP contribution in [0.25, 0.3) is 0 Å². The van der Waals surface area contributed by atoms with E-state index in [-0.39, 0.29) is 5.92 Å². The van der Waals surface area contributed by atoms with Gasteiger partial charge in [0.2, 0.25) is 5.91 Å². The highest BCUT2D eigenvalue weighted by atomic mass is 16.5. The molecule has 2 aliphatic heterocycles. The SMILES string of the molecule is C#CCN1CCC(C(=O)N2CCCc3cc(OC)ccc3C2)CC1. The predicted octanol–water partition coefficient (Wildman–Crippen LogP) is 2.32. The minimum atomic E-state index is 0.152. The van der Waals surface area contributed by atoms with Crippen molar-refractivity contribution >= 4 is 5.91 Å². The molecule has 1 amide bonds. The van der Waals surface area contributed by atoms with Crippen LogP contribution in [0.4, 0.5) is 0 Å². The molecule has 128 valence electrons. The van der Waals surface area contributed by atoms with Gasteiger partial charge in [0.15, 0.2) is 0 Å². The van der Waals surface area contributed by atoms with Crippen molar-refractivity contribution in [3.8, 4) is 18.1 Å². The third kappa shape index (κ3) is 3.73. The lowest BCUT2D eigenvalue weighted by atomic mass is 9.95. The Labute approximate surface area is 144 Å². The highest BCUT2D eigenvalue weighted by Gasteiger charge is 2.29. The second kappa shape index (κ2) is 7.72. The Kier molecular flexibility index (Phi) is 5.42. The highest BCUT2D eigenvalue weighted by molar-refractivity contribution is 5.79. The van der Waals surface area contributed by atoms with E-state index in [9.17, 15) is 4.79 Å². The Hall–Kier alpha value is -1.99. The van der Waals surface area contributed by atoms with Crippen molar-refractivity contribution < 1.29 is 9.53 Å². The second-order valence-corrected chi connectivity index (χ2v) is 6.75. The van der Waals surface area contributed by atoms with E-state index in [1.54, 1.807) is 7.11 Å². The molecule has 2 aliphatic rings. The van der Waals surface area contributed by atoms with E-state index in [1.807, 2.05) is 6.07 Å².